The van der Waals surface area contributed by atoms with E-state index in [9.17, 15) is 9.59 Å². The molecule has 0 bridgehead atoms. The Morgan fingerprint density at radius 2 is 1.96 bits per heavy atom. The van der Waals surface area contributed by atoms with Gasteiger partial charge in [0, 0.05) is 36.6 Å². The quantitative estimate of drug-likeness (QED) is 0.593. The summed E-state index contributed by atoms with van der Waals surface area (Å²) in [6.45, 7) is 4.84. The molecule has 1 N–H and O–H groups in total. The van der Waals surface area contributed by atoms with Crippen molar-refractivity contribution in [2.24, 2.45) is 0 Å². The minimum absolute atomic E-state index is 0.00599. The van der Waals surface area contributed by atoms with Crippen LogP contribution in [0.5, 0.6) is 0 Å². The van der Waals surface area contributed by atoms with Crippen LogP contribution in [0, 0.1) is 0 Å². The van der Waals surface area contributed by atoms with Gasteiger partial charge in [-0.1, -0.05) is 18.7 Å². The molecule has 0 saturated carbocycles. The molecule has 2 rings (SSSR count). The number of hydrogen-bond donors (Lipinski definition) is 1. The van der Waals surface area contributed by atoms with E-state index in [1.165, 1.54) is 11.8 Å². The van der Waals surface area contributed by atoms with E-state index in [1.807, 2.05) is 24.6 Å². The van der Waals surface area contributed by atoms with Crippen LogP contribution in [0.25, 0.3) is 0 Å². The van der Waals surface area contributed by atoms with Gasteiger partial charge in [0.05, 0.1) is 5.75 Å². The van der Waals surface area contributed by atoms with Crippen LogP contribution in [-0.4, -0.2) is 27.0 Å². The number of nitrogens with one attached hydrogen (secondary N) is 1. The first-order chi connectivity index (χ1) is 11.1. The number of hydrogen-bond acceptors (Lipinski definition) is 4. The summed E-state index contributed by atoms with van der Waals surface area (Å²) in [7, 11) is 0. The Kier molecular flexibility index (Phi) is 6.40. The van der Waals surface area contributed by atoms with Gasteiger partial charge >= 0.3 is 0 Å². The lowest BCUT2D eigenvalue weighted by Gasteiger charge is -2.06. The molecule has 2 aromatic rings. The third-order valence-corrected chi connectivity index (χ3v) is 4.32. The Hall–Kier alpha value is -2.08. The molecule has 0 unspecified atom stereocenters. The summed E-state index contributed by atoms with van der Waals surface area (Å²) in [4.78, 5) is 28.0. The molecule has 0 atom stereocenters. The van der Waals surface area contributed by atoms with Crippen molar-refractivity contribution in [2.75, 3.05) is 11.1 Å². The summed E-state index contributed by atoms with van der Waals surface area (Å²) in [5.41, 5.74) is 1.36. The summed E-state index contributed by atoms with van der Waals surface area (Å²) < 4.78 is 2.00. The maximum atomic E-state index is 12.2. The topological polar surface area (TPSA) is 64.0 Å². The fourth-order valence-electron chi connectivity index (χ4n) is 2.08. The zero-order valence-electron chi connectivity index (χ0n) is 13.4. The molecule has 1 amide bonds. The van der Waals surface area contributed by atoms with Crippen LogP contribution in [0.3, 0.4) is 0 Å². The SMILES string of the molecule is CCCC(=O)Nc1ccc(C(=O)CSc2nccn2CC)cc1. The maximum absolute atomic E-state index is 12.2. The van der Waals surface area contributed by atoms with Crippen LogP contribution >= 0.6 is 11.8 Å². The smallest absolute Gasteiger partial charge is 0.224 e. The monoisotopic (exact) mass is 331 g/mol. The van der Waals surface area contributed by atoms with E-state index < -0.39 is 0 Å². The van der Waals surface area contributed by atoms with E-state index in [0.717, 1.165) is 18.1 Å². The van der Waals surface area contributed by atoms with Crippen molar-refractivity contribution >= 4 is 29.1 Å². The summed E-state index contributed by atoms with van der Waals surface area (Å²) in [6.07, 6.45) is 4.96. The fraction of sp³-hybridized carbons (Fsp3) is 0.353. The van der Waals surface area contributed by atoms with Crippen LogP contribution in [-0.2, 0) is 11.3 Å². The van der Waals surface area contributed by atoms with Gasteiger partial charge in [-0.25, -0.2) is 4.98 Å². The van der Waals surface area contributed by atoms with E-state index in [1.54, 1.807) is 30.5 Å². The number of aromatic nitrogens is 2. The molecule has 0 radical (unpaired) electrons. The number of nitrogens with zero attached hydrogens (tertiary/aromatic N) is 2. The standard InChI is InChI=1S/C17H21N3O2S/c1-3-5-16(22)19-14-8-6-13(7-9-14)15(21)12-23-17-18-10-11-20(17)4-2/h6-11H,3-5,12H2,1-2H3,(H,19,22). The number of carbonyl (C=O) groups is 2. The van der Waals surface area contributed by atoms with E-state index in [-0.39, 0.29) is 11.7 Å². The van der Waals surface area contributed by atoms with Crippen molar-refractivity contribution in [3.63, 3.8) is 0 Å². The lowest BCUT2D eigenvalue weighted by molar-refractivity contribution is -0.116. The molecule has 0 saturated heterocycles. The van der Waals surface area contributed by atoms with Gasteiger partial charge in [0.25, 0.3) is 0 Å². The van der Waals surface area contributed by atoms with Crippen molar-refractivity contribution in [2.45, 2.75) is 38.4 Å². The maximum Gasteiger partial charge on any atom is 0.224 e. The minimum Gasteiger partial charge on any atom is -0.326 e. The minimum atomic E-state index is -0.00599. The summed E-state index contributed by atoms with van der Waals surface area (Å²) in [5.74, 6) is 0.388. The molecule has 0 spiro atoms. The average Bonchev–Trinajstić information content (AvgIpc) is 3.01. The molecule has 1 aromatic heterocycles. The van der Waals surface area contributed by atoms with E-state index in [0.29, 0.717) is 23.4 Å². The molecular weight excluding hydrogens is 310 g/mol. The van der Waals surface area contributed by atoms with Gasteiger partial charge in [0.1, 0.15) is 0 Å². The second-order valence-electron chi connectivity index (χ2n) is 5.08. The lowest BCUT2D eigenvalue weighted by Crippen LogP contribution is -2.11. The summed E-state index contributed by atoms with van der Waals surface area (Å²) >= 11 is 1.44. The Labute approximate surface area is 140 Å². The number of rotatable bonds is 8. The molecule has 5 nitrogen and oxygen atoms in total. The normalized spacial score (nSPS) is 10.5. The number of carbonyl (C=O) groups excluding carboxylic acids is 2. The highest BCUT2D eigenvalue weighted by Crippen LogP contribution is 2.18. The first-order valence-electron chi connectivity index (χ1n) is 7.71. The third kappa shape index (κ3) is 4.96. The second kappa shape index (κ2) is 8.53. The fourth-order valence-corrected chi connectivity index (χ4v) is 3.00. The molecular formula is C17H21N3O2S. The highest BCUT2D eigenvalue weighted by molar-refractivity contribution is 7.99. The van der Waals surface area contributed by atoms with Crippen LogP contribution in [0.1, 0.15) is 37.0 Å². The Morgan fingerprint density at radius 3 is 2.61 bits per heavy atom. The number of aryl methyl sites for hydroxylation is 1. The highest BCUT2D eigenvalue weighted by Gasteiger charge is 2.10. The number of benzene rings is 1. The second-order valence-corrected chi connectivity index (χ2v) is 6.03. The van der Waals surface area contributed by atoms with Gasteiger partial charge in [0.15, 0.2) is 10.9 Å². The van der Waals surface area contributed by atoms with Crippen LogP contribution in [0.4, 0.5) is 5.69 Å². The first kappa shape index (κ1) is 17.3. The van der Waals surface area contributed by atoms with E-state index >= 15 is 0 Å². The Balaban J connectivity index is 1.91. The molecule has 1 heterocycles. The van der Waals surface area contributed by atoms with Crippen LogP contribution in [0.15, 0.2) is 41.8 Å². The highest BCUT2D eigenvalue weighted by atomic mass is 32.2. The predicted octanol–water partition coefficient (Wildman–Crippen LogP) is 3.62. The first-order valence-corrected chi connectivity index (χ1v) is 8.69. The Morgan fingerprint density at radius 1 is 1.22 bits per heavy atom. The summed E-state index contributed by atoms with van der Waals surface area (Å²) in [5, 5.41) is 3.66. The molecule has 0 aliphatic rings. The molecule has 6 heteroatoms. The van der Waals surface area contributed by atoms with E-state index in [2.05, 4.69) is 10.3 Å². The number of anilines is 1. The van der Waals surface area contributed by atoms with Gasteiger partial charge in [-0.2, -0.15) is 0 Å². The largest absolute Gasteiger partial charge is 0.326 e. The van der Waals surface area contributed by atoms with Crippen molar-refractivity contribution in [1.82, 2.24) is 9.55 Å². The molecule has 122 valence electrons. The van der Waals surface area contributed by atoms with Crippen LogP contribution in [0.2, 0.25) is 0 Å². The molecule has 0 fully saturated rings. The summed E-state index contributed by atoms with van der Waals surface area (Å²) in [6, 6.07) is 7.02. The third-order valence-electron chi connectivity index (χ3n) is 3.32. The molecule has 0 aliphatic carbocycles. The number of amides is 1. The number of Topliss-reactive ketones (excluding diaryl/α,β-unsaturated/α-hetero) is 1. The molecule has 23 heavy (non-hydrogen) atoms. The van der Waals surface area contributed by atoms with Crippen LogP contribution < -0.4 is 5.32 Å². The zero-order chi connectivity index (χ0) is 16.7. The average molecular weight is 331 g/mol. The van der Waals surface area contributed by atoms with Gasteiger partial charge in [0.2, 0.25) is 5.91 Å². The lowest BCUT2D eigenvalue weighted by atomic mass is 10.1. The van der Waals surface area contributed by atoms with Crippen molar-refractivity contribution in [3.8, 4) is 0 Å². The van der Waals surface area contributed by atoms with Crippen molar-refractivity contribution < 1.29 is 9.59 Å². The van der Waals surface area contributed by atoms with Gasteiger partial charge in [-0.3, -0.25) is 9.59 Å². The number of thioether (sulfide) groups is 1. The number of imidazole rings is 1. The van der Waals surface area contributed by atoms with Gasteiger partial charge in [-0.15, -0.1) is 0 Å². The van der Waals surface area contributed by atoms with Crippen molar-refractivity contribution in [1.29, 1.82) is 0 Å². The van der Waals surface area contributed by atoms with Gasteiger partial charge in [-0.05, 0) is 37.6 Å². The van der Waals surface area contributed by atoms with Crippen molar-refractivity contribution in [3.05, 3.63) is 42.2 Å². The number of ketones is 1. The van der Waals surface area contributed by atoms with E-state index in [4.69, 9.17) is 0 Å². The zero-order valence-corrected chi connectivity index (χ0v) is 14.2. The molecule has 1 aromatic carbocycles. The predicted molar refractivity (Wildman–Crippen MR) is 92.9 cm³/mol. The van der Waals surface area contributed by atoms with Gasteiger partial charge < -0.3 is 9.88 Å². The molecule has 0 aliphatic heterocycles. The Bertz CT molecular complexity index is 665.